The number of carbonyl (C=O) groups is 1. The SMILES string of the molecule is O=C(N[C@@H](CO)c1ccc2ccccc2c1)C1CC1c1cc(F)ccc1F. The fourth-order valence-electron chi connectivity index (χ4n) is 3.56. The standard InChI is InChI=1S/C22H19F2NO2/c23-16-7-8-20(24)18(10-16)17-11-19(17)22(27)25-21(12-26)15-6-5-13-3-1-2-4-14(13)9-15/h1-10,17,19,21,26H,11-12H2,(H,25,27)/t17?,19?,21-/m0/s1. The number of hydrogen-bond donors (Lipinski definition) is 2. The molecule has 1 saturated carbocycles. The first-order valence-electron chi connectivity index (χ1n) is 8.91. The second-order valence-corrected chi connectivity index (χ2v) is 6.96. The highest BCUT2D eigenvalue weighted by Gasteiger charge is 2.45. The van der Waals surface area contributed by atoms with E-state index in [4.69, 9.17) is 0 Å². The number of nitrogens with one attached hydrogen (secondary N) is 1. The molecule has 3 atom stereocenters. The predicted octanol–water partition coefficient (Wildman–Crippen LogP) is 4.07. The Balaban J connectivity index is 1.48. The molecule has 2 N–H and O–H groups in total. The van der Waals surface area contributed by atoms with Crippen LogP contribution in [0.2, 0.25) is 0 Å². The Morgan fingerprint density at radius 1 is 1.07 bits per heavy atom. The van der Waals surface area contributed by atoms with Crippen LogP contribution in [-0.2, 0) is 4.79 Å². The van der Waals surface area contributed by atoms with E-state index in [2.05, 4.69) is 5.32 Å². The molecular formula is C22H19F2NO2. The number of carbonyl (C=O) groups excluding carboxylic acids is 1. The second-order valence-electron chi connectivity index (χ2n) is 6.96. The first-order chi connectivity index (χ1) is 13.1. The molecule has 0 aliphatic heterocycles. The summed E-state index contributed by atoms with van der Waals surface area (Å²) in [6, 6.07) is 16.4. The van der Waals surface area contributed by atoms with Crippen molar-refractivity contribution >= 4 is 16.7 Å². The van der Waals surface area contributed by atoms with Crippen molar-refractivity contribution < 1.29 is 18.7 Å². The van der Waals surface area contributed by atoms with E-state index >= 15 is 0 Å². The van der Waals surface area contributed by atoms with Crippen LogP contribution < -0.4 is 5.32 Å². The van der Waals surface area contributed by atoms with Gasteiger partial charge in [-0.1, -0.05) is 36.4 Å². The Morgan fingerprint density at radius 2 is 1.85 bits per heavy atom. The zero-order chi connectivity index (χ0) is 19.0. The quantitative estimate of drug-likeness (QED) is 0.714. The molecular weight excluding hydrogens is 348 g/mol. The molecule has 0 heterocycles. The lowest BCUT2D eigenvalue weighted by molar-refractivity contribution is -0.123. The average molecular weight is 367 g/mol. The molecule has 0 saturated heterocycles. The first-order valence-corrected chi connectivity index (χ1v) is 8.91. The van der Waals surface area contributed by atoms with Gasteiger partial charge in [-0.2, -0.15) is 0 Å². The van der Waals surface area contributed by atoms with E-state index < -0.39 is 23.6 Å². The summed E-state index contributed by atoms with van der Waals surface area (Å²) in [6.45, 7) is -0.240. The lowest BCUT2D eigenvalue weighted by atomic mass is 10.0. The highest BCUT2D eigenvalue weighted by Crippen LogP contribution is 2.48. The van der Waals surface area contributed by atoms with Crippen LogP contribution in [0.25, 0.3) is 10.8 Å². The van der Waals surface area contributed by atoms with Gasteiger partial charge in [0.1, 0.15) is 11.6 Å². The van der Waals surface area contributed by atoms with Gasteiger partial charge in [-0.25, -0.2) is 8.78 Å². The van der Waals surface area contributed by atoms with E-state index in [1.165, 1.54) is 0 Å². The molecule has 4 rings (SSSR count). The van der Waals surface area contributed by atoms with E-state index in [-0.39, 0.29) is 24.0 Å². The Hall–Kier alpha value is -2.79. The Labute approximate surface area is 155 Å². The number of aliphatic hydroxyl groups excluding tert-OH is 1. The molecule has 3 aromatic carbocycles. The van der Waals surface area contributed by atoms with Crippen molar-refractivity contribution in [2.75, 3.05) is 6.61 Å². The molecule has 0 spiro atoms. The highest BCUT2D eigenvalue weighted by atomic mass is 19.1. The smallest absolute Gasteiger partial charge is 0.224 e. The molecule has 0 radical (unpaired) electrons. The van der Waals surface area contributed by atoms with Crippen molar-refractivity contribution in [3.05, 3.63) is 83.4 Å². The van der Waals surface area contributed by atoms with E-state index in [0.29, 0.717) is 6.42 Å². The number of fused-ring (bicyclic) bond motifs is 1. The third-order valence-corrected chi connectivity index (χ3v) is 5.16. The zero-order valence-corrected chi connectivity index (χ0v) is 14.5. The summed E-state index contributed by atoms with van der Waals surface area (Å²) in [4.78, 5) is 12.6. The minimum Gasteiger partial charge on any atom is -0.394 e. The summed E-state index contributed by atoms with van der Waals surface area (Å²) < 4.78 is 27.3. The van der Waals surface area contributed by atoms with Gasteiger partial charge in [-0.15, -0.1) is 0 Å². The molecule has 1 aliphatic rings. The van der Waals surface area contributed by atoms with Gasteiger partial charge in [0.2, 0.25) is 5.91 Å². The number of aliphatic hydroxyl groups is 1. The minimum atomic E-state index is -0.541. The van der Waals surface area contributed by atoms with Gasteiger partial charge in [-0.3, -0.25) is 4.79 Å². The third kappa shape index (κ3) is 3.55. The van der Waals surface area contributed by atoms with Crippen molar-refractivity contribution in [1.82, 2.24) is 5.32 Å². The largest absolute Gasteiger partial charge is 0.394 e. The summed E-state index contributed by atoms with van der Waals surface area (Å²) in [5, 5.41) is 14.7. The minimum absolute atomic E-state index is 0.237. The highest BCUT2D eigenvalue weighted by molar-refractivity contribution is 5.85. The molecule has 0 aromatic heterocycles. The Kier molecular flexibility index (Phi) is 4.62. The first kappa shape index (κ1) is 17.6. The van der Waals surface area contributed by atoms with Crippen LogP contribution in [0.4, 0.5) is 8.78 Å². The van der Waals surface area contributed by atoms with Gasteiger partial charge < -0.3 is 10.4 Å². The van der Waals surface area contributed by atoms with E-state index in [1.807, 2.05) is 42.5 Å². The van der Waals surface area contributed by atoms with Crippen LogP contribution >= 0.6 is 0 Å². The van der Waals surface area contributed by atoms with Crippen molar-refractivity contribution in [3.8, 4) is 0 Å². The second kappa shape index (κ2) is 7.08. The maximum atomic E-state index is 13.9. The van der Waals surface area contributed by atoms with Crippen LogP contribution in [0.3, 0.4) is 0 Å². The van der Waals surface area contributed by atoms with Gasteiger partial charge in [0.25, 0.3) is 0 Å². The van der Waals surface area contributed by atoms with E-state index in [9.17, 15) is 18.7 Å². The summed E-state index contributed by atoms with van der Waals surface area (Å²) in [7, 11) is 0. The monoisotopic (exact) mass is 367 g/mol. The molecule has 1 fully saturated rings. The van der Waals surface area contributed by atoms with Crippen molar-refractivity contribution in [2.45, 2.75) is 18.4 Å². The van der Waals surface area contributed by atoms with Gasteiger partial charge in [0, 0.05) is 5.92 Å². The van der Waals surface area contributed by atoms with Gasteiger partial charge in [0.15, 0.2) is 0 Å². The summed E-state index contributed by atoms with van der Waals surface area (Å²) in [5.41, 5.74) is 1.04. The van der Waals surface area contributed by atoms with Crippen LogP contribution in [0.5, 0.6) is 0 Å². The topological polar surface area (TPSA) is 49.3 Å². The Bertz CT molecular complexity index is 1000. The molecule has 3 aromatic rings. The fraction of sp³-hybridized carbons (Fsp3) is 0.227. The summed E-state index contributed by atoms with van der Waals surface area (Å²) in [6.07, 6.45) is 0.474. The van der Waals surface area contributed by atoms with Crippen LogP contribution in [0.1, 0.15) is 29.5 Å². The third-order valence-electron chi connectivity index (χ3n) is 5.16. The fourth-order valence-corrected chi connectivity index (χ4v) is 3.56. The summed E-state index contributed by atoms with van der Waals surface area (Å²) >= 11 is 0. The molecule has 2 unspecified atom stereocenters. The average Bonchev–Trinajstić information content (AvgIpc) is 3.48. The van der Waals surface area contributed by atoms with Crippen LogP contribution in [0, 0.1) is 17.6 Å². The van der Waals surface area contributed by atoms with Gasteiger partial charge in [-0.05, 0) is 58.5 Å². The predicted molar refractivity (Wildman–Crippen MR) is 99.1 cm³/mol. The van der Waals surface area contributed by atoms with Crippen molar-refractivity contribution in [3.63, 3.8) is 0 Å². The number of hydrogen-bond acceptors (Lipinski definition) is 2. The molecule has 5 heteroatoms. The molecule has 138 valence electrons. The number of amides is 1. The van der Waals surface area contributed by atoms with Crippen LogP contribution in [0.15, 0.2) is 60.7 Å². The molecule has 1 aliphatic carbocycles. The summed E-state index contributed by atoms with van der Waals surface area (Å²) in [5.74, 6) is -1.99. The van der Waals surface area contributed by atoms with Crippen molar-refractivity contribution in [1.29, 1.82) is 0 Å². The van der Waals surface area contributed by atoms with Crippen LogP contribution in [-0.4, -0.2) is 17.6 Å². The van der Waals surface area contributed by atoms with Gasteiger partial charge in [0.05, 0.1) is 12.6 Å². The molecule has 0 bridgehead atoms. The maximum absolute atomic E-state index is 13.9. The lowest BCUT2D eigenvalue weighted by Gasteiger charge is -2.17. The lowest BCUT2D eigenvalue weighted by Crippen LogP contribution is -2.32. The number of halogens is 2. The zero-order valence-electron chi connectivity index (χ0n) is 14.5. The Morgan fingerprint density at radius 3 is 2.63 bits per heavy atom. The normalized spacial score (nSPS) is 19.7. The number of rotatable bonds is 5. The van der Waals surface area contributed by atoms with Crippen molar-refractivity contribution in [2.24, 2.45) is 5.92 Å². The maximum Gasteiger partial charge on any atom is 0.224 e. The van der Waals surface area contributed by atoms with Gasteiger partial charge >= 0.3 is 0 Å². The van der Waals surface area contributed by atoms with E-state index in [0.717, 1.165) is 34.5 Å². The number of benzene rings is 3. The molecule has 27 heavy (non-hydrogen) atoms. The van der Waals surface area contributed by atoms with E-state index in [1.54, 1.807) is 0 Å². The molecule has 1 amide bonds. The molecule has 3 nitrogen and oxygen atoms in total.